The molecule has 17 heavy (non-hydrogen) atoms. The van der Waals surface area contributed by atoms with Crippen LogP contribution in [0.5, 0.6) is 0 Å². The van der Waals surface area contributed by atoms with E-state index in [1.807, 2.05) is 0 Å². The van der Waals surface area contributed by atoms with Gasteiger partial charge in [-0.25, -0.2) is 0 Å². The summed E-state index contributed by atoms with van der Waals surface area (Å²) < 4.78 is 0. The topological polar surface area (TPSA) is 0 Å². The van der Waals surface area contributed by atoms with Crippen molar-refractivity contribution < 1.29 is 0 Å². The average Bonchev–Trinajstić information content (AvgIpc) is 2.87. The Morgan fingerprint density at radius 1 is 1.00 bits per heavy atom. The van der Waals surface area contributed by atoms with Gasteiger partial charge in [-0.3, -0.25) is 0 Å². The van der Waals surface area contributed by atoms with E-state index in [4.69, 9.17) is 0 Å². The molecule has 0 aromatic heterocycles. The summed E-state index contributed by atoms with van der Waals surface area (Å²) in [5, 5.41) is 2.68. The van der Waals surface area contributed by atoms with Crippen molar-refractivity contribution in [1.29, 1.82) is 0 Å². The lowest BCUT2D eigenvalue weighted by molar-refractivity contribution is 1.05. The summed E-state index contributed by atoms with van der Waals surface area (Å²) in [4.78, 5) is 0. The van der Waals surface area contributed by atoms with Gasteiger partial charge in [0.15, 0.2) is 0 Å². The number of fused-ring (bicyclic) bond motifs is 1. The molecule has 0 saturated carbocycles. The van der Waals surface area contributed by atoms with E-state index in [0.29, 0.717) is 0 Å². The Morgan fingerprint density at radius 3 is 2.65 bits per heavy atom. The second kappa shape index (κ2) is 4.21. The summed E-state index contributed by atoms with van der Waals surface area (Å²) >= 11 is 0. The molecule has 0 fully saturated rings. The molecule has 1 aliphatic rings. The highest BCUT2D eigenvalue weighted by Gasteiger charge is 2.09. The van der Waals surface area contributed by atoms with E-state index >= 15 is 0 Å². The molecule has 2 aromatic carbocycles. The lowest BCUT2D eigenvalue weighted by atomic mass is 9.99. The molecule has 0 heterocycles. The third kappa shape index (κ3) is 1.80. The number of benzene rings is 2. The summed E-state index contributed by atoms with van der Waals surface area (Å²) in [6.07, 6.45) is 6.97. The monoisotopic (exact) mass is 220 g/mol. The van der Waals surface area contributed by atoms with E-state index in [1.165, 1.54) is 27.5 Å². The zero-order chi connectivity index (χ0) is 11.7. The van der Waals surface area contributed by atoms with Gasteiger partial charge in [0, 0.05) is 0 Å². The number of hydrogen-bond donors (Lipinski definition) is 0. The van der Waals surface area contributed by atoms with E-state index in [1.54, 1.807) is 0 Å². The van der Waals surface area contributed by atoms with Gasteiger partial charge >= 0.3 is 0 Å². The maximum absolute atomic E-state index is 2.35. The molecule has 0 atom stereocenters. The Hall–Kier alpha value is -1.82. The number of hydrogen-bond acceptors (Lipinski definition) is 0. The van der Waals surface area contributed by atoms with Gasteiger partial charge in [-0.2, -0.15) is 0 Å². The molecule has 0 bridgehead atoms. The first kappa shape index (κ1) is 10.3. The predicted molar refractivity (Wildman–Crippen MR) is 74.9 cm³/mol. The summed E-state index contributed by atoms with van der Waals surface area (Å²) in [6.45, 7) is 2.23. The molecular weight excluding hydrogens is 204 g/mol. The van der Waals surface area contributed by atoms with E-state index < -0.39 is 0 Å². The van der Waals surface area contributed by atoms with Crippen LogP contribution in [0.25, 0.3) is 16.3 Å². The molecule has 3 rings (SSSR count). The molecule has 0 radical (unpaired) electrons. The molecule has 0 amide bonds. The van der Waals surface area contributed by atoms with Gasteiger partial charge in [0.1, 0.15) is 0 Å². The summed E-state index contributed by atoms with van der Waals surface area (Å²) in [7, 11) is 0. The minimum atomic E-state index is 1.12. The summed E-state index contributed by atoms with van der Waals surface area (Å²) in [5.74, 6) is 0. The first-order valence-electron chi connectivity index (χ1n) is 6.26. The van der Waals surface area contributed by atoms with Gasteiger partial charge in [-0.05, 0) is 34.8 Å². The minimum Gasteiger partial charge on any atom is -0.0726 e. The molecule has 2 aromatic rings. The van der Waals surface area contributed by atoms with Crippen molar-refractivity contribution in [2.75, 3.05) is 0 Å². The largest absolute Gasteiger partial charge is 0.0726 e. The Morgan fingerprint density at radius 2 is 1.82 bits per heavy atom. The molecule has 84 valence electrons. The van der Waals surface area contributed by atoms with Crippen LogP contribution in [0.4, 0.5) is 0 Å². The third-order valence-corrected chi connectivity index (χ3v) is 3.50. The van der Waals surface area contributed by atoms with Gasteiger partial charge < -0.3 is 0 Å². The molecule has 0 aliphatic heterocycles. The van der Waals surface area contributed by atoms with Crippen LogP contribution in [-0.2, 0) is 0 Å². The standard InChI is InChI=1S/C17H16/c1-2-13-10-11-15(12-13)17-9-5-7-14-6-3-4-8-16(14)17/h3-9,11-12H,2,10H2,1H3. The number of rotatable bonds is 2. The first-order chi connectivity index (χ1) is 8.38. The van der Waals surface area contributed by atoms with Crippen LogP contribution >= 0.6 is 0 Å². The van der Waals surface area contributed by atoms with E-state index in [0.717, 1.165) is 12.8 Å². The van der Waals surface area contributed by atoms with Crippen molar-refractivity contribution in [3.8, 4) is 0 Å². The van der Waals surface area contributed by atoms with Crippen LogP contribution in [0.15, 0.2) is 60.2 Å². The van der Waals surface area contributed by atoms with E-state index in [-0.39, 0.29) is 0 Å². The lowest BCUT2D eigenvalue weighted by Gasteiger charge is -2.05. The van der Waals surface area contributed by atoms with Crippen LogP contribution < -0.4 is 0 Å². The fourth-order valence-corrected chi connectivity index (χ4v) is 2.49. The molecule has 0 nitrogen and oxygen atoms in total. The minimum absolute atomic E-state index is 1.12. The summed E-state index contributed by atoms with van der Waals surface area (Å²) in [6, 6.07) is 15.2. The SMILES string of the molecule is CCC1=CC(c2cccc3ccccc23)=CC1. The van der Waals surface area contributed by atoms with Crippen LogP contribution in [0.3, 0.4) is 0 Å². The van der Waals surface area contributed by atoms with E-state index in [9.17, 15) is 0 Å². The number of allylic oxidation sites excluding steroid dienone is 4. The van der Waals surface area contributed by atoms with Crippen molar-refractivity contribution in [2.45, 2.75) is 19.8 Å². The van der Waals surface area contributed by atoms with Crippen LogP contribution in [0.1, 0.15) is 25.3 Å². The zero-order valence-electron chi connectivity index (χ0n) is 10.1. The molecule has 0 spiro atoms. The summed E-state index contributed by atoms with van der Waals surface area (Å²) in [5.41, 5.74) is 4.29. The first-order valence-corrected chi connectivity index (χ1v) is 6.26. The second-order valence-corrected chi connectivity index (χ2v) is 4.55. The molecule has 1 aliphatic carbocycles. The molecule has 0 N–H and O–H groups in total. The van der Waals surface area contributed by atoms with Crippen molar-refractivity contribution in [3.05, 3.63) is 65.8 Å². The van der Waals surface area contributed by atoms with Crippen LogP contribution in [0, 0.1) is 0 Å². The molecule has 0 heteroatoms. The maximum atomic E-state index is 2.35. The van der Waals surface area contributed by atoms with Crippen molar-refractivity contribution in [2.24, 2.45) is 0 Å². The predicted octanol–water partition coefficient (Wildman–Crippen LogP) is 4.96. The van der Waals surface area contributed by atoms with E-state index in [2.05, 4.69) is 61.5 Å². The molecular formula is C17H16. The highest BCUT2D eigenvalue weighted by atomic mass is 14.1. The van der Waals surface area contributed by atoms with Crippen molar-refractivity contribution >= 4 is 16.3 Å². The van der Waals surface area contributed by atoms with Crippen LogP contribution in [-0.4, -0.2) is 0 Å². The van der Waals surface area contributed by atoms with Gasteiger partial charge in [-0.1, -0.05) is 67.1 Å². The Kier molecular flexibility index (Phi) is 2.56. The van der Waals surface area contributed by atoms with Gasteiger partial charge in [0.2, 0.25) is 0 Å². The Bertz CT molecular complexity index is 609. The lowest BCUT2D eigenvalue weighted by Crippen LogP contribution is -1.82. The quantitative estimate of drug-likeness (QED) is 0.670. The fraction of sp³-hybridized carbons (Fsp3) is 0.176. The normalized spacial score (nSPS) is 14.9. The van der Waals surface area contributed by atoms with Crippen molar-refractivity contribution in [3.63, 3.8) is 0 Å². The molecule has 0 unspecified atom stereocenters. The average molecular weight is 220 g/mol. The van der Waals surface area contributed by atoms with Crippen molar-refractivity contribution in [1.82, 2.24) is 0 Å². The smallest absolute Gasteiger partial charge is 0.0106 e. The van der Waals surface area contributed by atoms with Gasteiger partial charge in [-0.15, -0.1) is 0 Å². The second-order valence-electron chi connectivity index (χ2n) is 4.55. The van der Waals surface area contributed by atoms with Crippen LogP contribution in [0.2, 0.25) is 0 Å². The highest BCUT2D eigenvalue weighted by molar-refractivity contribution is 5.96. The Balaban J connectivity index is 2.16. The molecule has 0 saturated heterocycles. The van der Waals surface area contributed by atoms with Gasteiger partial charge in [0.25, 0.3) is 0 Å². The zero-order valence-corrected chi connectivity index (χ0v) is 10.1. The fourth-order valence-electron chi connectivity index (χ4n) is 2.49. The highest BCUT2D eigenvalue weighted by Crippen LogP contribution is 2.32. The van der Waals surface area contributed by atoms with Gasteiger partial charge in [0.05, 0.1) is 0 Å². The third-order valence-electron chi connectivity index (χ3n) is 3.50. The Labute approximate surface area is 102 Å². The maximum Gasteiger partial charge on any atom is -0.0106 e.